The Morgan fingerprint density at radius 1 is 1.52 bits per heavy atom. The Morgan fingerprint density at radius 3 is 2.91 bits per heavy atom. The van der Waals surface area contributed by atoms with Gasteiger partial charge >= 0.3 is 12.0 Å². The van der Waals surface area contributed by atoms with Gasteiger partial charge in [-0.3, -0.25) is 4.90 Å². The Bertz CT molecular complexity index is 679. The fraction of sp³-hybridized carbons (Fsp3) is 0.412. The molecule has 0 unspecified atom stereocenters. The van der Waals surface area contributed by atoms with Crippen LogP contribution in [-0.4, -0.2) is 31.2 Å². The van der Waals surface area contributed by atoms with E-state index >= 15 is 0 Å². The van der Waals surface area contributed by atoms with Gasteiger partial charge in [0.2, 0.25) is 0 Å². The van der Waals surface area contributed by atoms with E-state index in [-0.39, 0.29) is 23.6 Å². The molecule has 1 aromatic rings. The lowest BCUT2D eigenvalue weighted by molar-refractivity contribution is 0.0256. The molecule has 1 saturated carbocycles. The highest BCUT2D eigenvalue weighted by Gasteiger charge is 2.34. The first-order valence-electron chi connectivity index (χ1n) is 7.59. The summed E-state index contributed by atoms with van der Waals surface area (Å²) >= 11 is 0. The van der Waals surface area contributed by atoms with Crippen molar-refractivity contribution < 1.29 is 18.7 Å². The second kappa shape index (κ2) is 6.29. The zero-order valence-electron chi connectivity index (χ0n) is 12.5. The van der Waals surface area contributed by atoms with Gasteiger partial charge in [0.15, 0.2) is 0 Å². The number of anilines is 1. The number of ether oxygens (including phenoxy) is 1. The molecular formula is C17H17FN2O3. The lowest BCUT2D eigenvalue weighted by Crippen LogP contribution is -2.28. The fourth-order valence-electron chi connectivity index (χ4n) is 2.65. The van der Waals surface area contributed by atoms with Gasteiger partial charge in [-0.05, 0) is 37.0 Å². The van der Waals surface area contributed by atoms with Gasteiger partial charge in [-0.2, -0.15) is 0 Å². The number of nitrogens with zero attached hydrogens (tertiary/aromatic N) is 1. The van der Waals surface area contributed by atoms with E-state index in [0.717, 1.165) is 12.8 Å². The van der Waals surface area contributed by atoms with Crippen molar-refractivity contribution in [3.05, 3.63) is 29.6 Å². The summed E-state index contributed by atoms with van der Waals surface area (Å²) in [4.78, 5) is 25.4. The number of rotatable bonds is 5. The summed E-state index contributed by atoms with van der Waals surface area (Å²) < 4.78 is 19.4. The van der Waals surface area contributed by atoms with Crippen LogP contribution in [0.5, 0.6) is 0 Å². The Balaban J connectivity index is 1.79. The number of halogens is 1. The van der Waals surface area contributed by atoms with E-state index in [2.05, 4.69) is 11.2 Å². The van der Waals surface area contributed by atoms with Crippen LogP contribution < -0.4 is 10.2 Å². The molecule has 1 aromatic carbocycles. The molecule has 2 fully saturated rings. The largest absolute Gasteiger partial charge is 0.457 e. The van der Waals surface area contributed by atoms with Crippen LogP contribution in [-0.2, 0) is 4.74 Å². The second-order valence-electron chi connectivity index (χ2n) is 5.74. The summed E-state index contributed by atoms with van der Waals surface area (Å²) in [5, 5.41) is 2.66. The van der Waals surface area contributed by atoms with Crippen LogP contribution in [0.25, 0.3) is 0 Å². The molecule has 6 heteroatoms. The fourth-order valence-corrected chi connectivity index (χ4v) is 2.65. The Morgan fingerprint density at radius 2 is 2.30 bits per heavy atom. The molecule has 1 aliphatic heterocycles. The van der Waals surface area contributed by atoms with E-state index in [1.165, 1.54) is 23.1 Å². The molecule has 0 aromatic heterocycles. The summed E-state index contributed by atoms with van der Waals surface area (Å²) in [6.07, 6.45) is 7.19. The molecule has 23 heavy (non-hydrogen) atoms. The number of amides is 2. The number of urea groups is 1. The van der Waals surface area contributed by atoms with Crippen LogP contribution in [0.2, 0.25) is 0 Å². The van der Waals surface area contributed by atoms with Gasteiger partial charge in [0.05, 0.1) is 5.56 Å². The van der Waals surface area contributed by atoms with Crippen molar-refractivity contribution in [3.63, 3.8) is 0 Å². The lowest BCUT2D eigenvalue weighted by Gasteiger charge is -2.18. The van der Waals surface area contributed by atoms with Crippen molar-refractivity contribution in [1.82, 2.24) is 5.32 Å². The number of hydrogen-bond donors (Lipinski definition) is 1. The number of carbonyl (C=O) groups is 2. The minimum atomic E-state index is -0.740. The smallest absolute Gasteiger partial charge is 0.341 e. The van der Waals surface area contributed by atoms with E-state index < -0.39 is 11.8 Å². The summed E-state index contributed by atoms with van der Waals surface area (Å²) in [7, 11) is 0. The predicted molar refractivity (Wildman–Crippen MR) is 82.5 cm³/mol. The molecule has 0 spiro atoms. The van der Waals surface area contributed by atoms with Crippen LogP contribution in [0.3, 0.4) is 0 Å². The quantitative estimate of drug-likeness (QED) is 0.670. The first kappa shape index (κ1) is 15.3. The normalized spacial score (nSPS) is 18.3. The number of nitrogens with one attached hydrogen (secondary N) is 1. The average Bonchev–Trinajstić information content (AvgIpc) is 3.29. The number of esters is 1. The summed E-state index contributed by atoms with van der Waals surface area (Å²) in [6.45, 7) is 0.989. The van der Waals surface area contributed by atoms with Gasteiger partial charge in [-0.25, -0.2) is 14.0 Å². The maximum absolute atomic E-state index is 14.0. The van der Waals surface area contributed by atoms with Gasteiger partial charge < -0.3 is 10.1 Å². The first-order chi connectivity index (χ1) is 11.1. The van der Waals surface area contributed by atoms with Crippen molar-refractivity contribution in [2.24, 2.45) is 5.92 Å². The average molecular weight is 316 g/mol. The van der Waals surface area contributed by atoms with E-state index in [1.807, 2.05) is 0 Å². The van der Waals surface area contributed by atoms with Crippen molar-refractivity contribution in [2.45, 2.75) is 25.4 Å². The van der Waals surface area contributed by atoms with Crippen LogP contribution in [0.1, 0.15) is 29.6 Å². The van der Waals surface area contributed by atoms with E-state index in [4.69, 9.17) is 11.2 Å². The first-order valence-corrected chi connectivity index (χ1v) is 7.59. The molecule has 1 heterocycles. The SMILES string of the molecule is C#CC[C@H](OC(=O)c1cc(N2CCNC2=O)ccc1F)C1CC1. The van der Waals surface area contributed by atoms with E-state index in [9.17, 15) is 14.0 Å². The molecule has 2 amide bonds. The number of hydrogen-bond acceptors (Lipinski definition) is 3. The minimum Gasteiger partial charge on any atom is -0.457 e. The van der Waals surface area contributed by atoms with Crippen LogP contribution in [0.4, 0.5) is 14.9 Å². The lowest BCUT2D eigenvalue weighted by atomic mass is 10.1. The third-order valence-electron chi connectivity index (χ3n) is 4.06. The highest BCUT2D eigenvalue weighted by atomic mass is 19.1. The number of benzene rings is 1. The standard InChI is InChI=1S/C17H17FN2O3/c1-2-3-15(11-4-5-11)23-16(21)13-10-12(6-7-14(13)18)20-9-8-19-17(20)22/h1,6-7,10-11,15H,3-5,8-9H2,(H,19,22)/t15-/m0/s1. The highest BCUT2D eigenvalue weighted by molar-refractivity contribution is 5.96. The van der Waals surface area contributed by atoms with Crippen LogP contribution >= 0.6 is 0 Å². The molecule has 120 valence electrons. The summed E-state index contributed by atoms with van der Waals surface area (Å²) in [5.41, 5.74) is 0.290. The zero-order chi connectivity index (χ0) is 16.4. The molecular weight excluding hydrogens is 299 g/mol. The number of terminal acetylenes is 1. The molecule has 1 saturated heterocycles. The predicted octanol–water partition coefficient (Wildman–Crippen LogP) is 2.31. The maximum Gasteiger partial charge on any atom is 0.341 e. The topological polar surface area (TPSA) is 58.6 Å². The molecule has 1 aliphatic carbocycles. The highest BCUT2D eigenvalue weighted by Crippen LogP contribution is 2.36. The molecule has 1 N–H and O–H groups in total. The molecule has 3 rings (SSSR count). The van der Waals surface area contributed by atoms with E-state index in [1.54, 1.807) is 0 Å². The van der Waals surface area contributed by atoms with Gasteiger partial charge in [0, 0.05) is 25.2 Å². The van der Waals surface area contributed by atoms with Crippen molar-refractivity contribution >= 4 is 17.7 Å². The second-order valence-corrected chi connectivity index (χ2v) is 5.74. The van der Waals surface area contributed by atoms with Crippen molar-refractivity contribution in [3.8, 4) is 12.3 Å². The molecule has 5 nitrogen and oxygen atoms in total. The van der Waals surface area contributed by atoms with Crippen molar-refractivity contribution in [2.75, 3.05) is 18.0 Å². The van der Waals surface area contributed by atoms with Gasteiger partial charge in [-0.15, -0.1) is 12.3 Å². The third kappa shape index (κ3) is 3.29. The maximum atomic E-state index is 14.0. The van der Waals surface area contributed by atoms with Crippen LogP contribution in [0.15, 0.2) is 18.2 Å². The Labute approximate surface area is 133 Å². The molecule has 1 atom stereocenters. The van der Waals surface area contributed by atoms with E-state index in [0.29, 0.717) is 25.2 Å². The molecule has 0 radical (unpaired) electrons. The summed E-state index contributed by atoms with van der Waals surface area (Å²) in [6, 6.07) is 3.73. The number of carbonyl (C=O) groups excluding carboxylic acids is 2. The Kier molecular flexibility index (Phi) is 4.20. The molecule has 0 bridgehead atoms. The zero-order valence-corrected chi connectivity index (χ0v) is 12.5. The summed E-state index contributed by atoms with van der Waals surface area (Å²) in [5.74, 6) is 1.35. The monoisotopic (exact) mass is 316 g/mol. The minimum absolute atomic E-state index is 0.176. The van der Waals surface area contributed by atoms with Crippen LogP contribution in [0, 0.1) is 24.1 Å². The van der Waals surface area contributed by atoms with Gasteiger partial charge in [-0.1, -0.05) is 0 Å². The third-order valence-corrected chi connectivity index (χ3v) is 4.06. The molecule has 2 aliphatic rings. The van der Waals surface area contributed by atoms with Crippen molar-refractivity contribution in [1.29, 1.82) is 0 Å². The van der Waals surface area contributed by atoms with Gasteiger partial charge in [0.25, 0.3) is 0 Å². The van der Waals surface area contributed by atoms with Gasteiger partial charge in [0.1, 0.15) is 11.9 Å². The Hall–Kier alpha value is -2.55.